The van der Waals surface area contributed by atoms with Gasteiger partial charge in [-0.1, -0.05) is 0 Å². The lowest BCUT2D eigenvalue weighted by atomic mass is 10.2. The van der Waals surface area contributed by atoms with Gasteiger partial charge < -0.3 is 14.6 Å². The molecule has 3 aromatic heterocycles. The molecule has 1 fully saturated rings. The smallest absolute Gasteiger partial charge is 0.325 e. The lowest BCUT2D eigenvalue weighted by molar-refractivity contribution is -0.0609. The van der Waals surface area contributed by atoms with Gasteiger partial charge in [-0.3, -0.25) is 14.6 Å². The Bertz CT molecular complexity index is 1340. The van der Waals surface area contributed by atoms with Crippen molar-refractivity contribution in [3.05, 3.63) is 67.3 Å². The highest BCUT2D eigenvalue weighted by Crippen LogP contribution is 2.33. The van der Waals surface area contributed by atoms with E-state index in [1.54, 1.807) is 0 Å². The van der Waals surface area contributed by atoms with Crippen molar-refractivity contribution < 1.29 is 13.5 Å². The van der Waals surface area contributed by atoms with E-state index in [0.717, 1.165) is 11.1 Å². The van der Waals surface area contributed by atoms with E-state index in [1.807, 2.05) is 11.1 Å². The van der Waals surface area contributed by atoms with Gasteiger partial charge in [-0.2, -0.15) is 10.4 Å². The van der Waals surface area contributed by atoms with Crippen LogP contribution in [0.4, 0.5) is 14.5 Å². The molecule has 4 rings (SSSR count). The number of aromatic nitrogens is 5. The van der Waals surface area contributed by atoms with Crippen molar-refractivity contribution in [3.8, 4) is 23.2 Å². The first-order chi connectivity index (χ1) is 14.8. The quantitative estimate of drug-likeness (QED) is 0.522. The Kier molecular flexibility index (Phi) is 4.82. The van der Waals surface area contributed by atoms with Crippen molar-refractivity contribution >= 4 is 5.69 Å². The molecular weight excluding hydrogens is 416 g/mol. The van der Waals surface area contributed by atoms with Gasteiger partial charge in [0, 0.05) is 18.5 Å². The zero-order valence-corrected chi connectivity index (χ0v) is 15.6. The number of hydrogen-bond donors (Lipinski definition) is 3. The number of rotatable bonds is 4. The summed E-state index contributed by atoms with van der Waals surface area (Å²) in [5.41, 5.74) is -2.19. The Balaban J connectivity index is 1.62. The summed E-state index contributed by atoms with van der Waals surface area (Å²) < 4.78 is 34.4. The number of nitrogens with one attached hydrogen (secondary N) is 3. The fraction of sp³-hybridized carbons (Fsp3) is 0.222. The summed E-state index contributed by atoms with van der Waals surface area (Å²) in [5, 5.41) is 14.7. The van der Waals surface area contributed by atoms with Crippen LogP contribution in [0.5, 0.6) is 5.88 Å². The van der Waals surface area contributed by atoms with Crippen LogP contribution in [-0.2, 0) is 0 Å². The number of anilines is 1. The van der Waals surface area contributed by atoms with Gasteiger partial charge in [0.15, 0.2) is 6.10 Å². The maximum Gasteiger partial charge on any atom is 0.325 e. The minimum absolute atomic E-state index is 0.0199. The normalized spacial score (nSPS) is 17.3. The molecule has 1 atom stereocenters. The molecule has 4 heterocycles. The van der Waals surface area contributed by atoms with Gasteiger partial charge in [0.2, 0.25) is 5.88 Å². The summed E-state index contributed by atoms with van der Waals surface area (Å²) in [5.74, 6) is -3.41. The zero-order chi connectivity index (χ0) is 22.2. The number of H-pyrrole nitrogens is 3. The molecule has 31 heavy (non-hydrogen) atoms. The van der Waals surface area contributed by atoms with Gasteiger partial charge in [-0.25, -0.2) is 23.7 Å². The fourth-order valence-corrected chi connectivity index (χ4v) is 3.09. The third-order valence-corrected chi connectivity index (χ3v) is 4.61. The Morgan fingerprint density at radius 3 is 2.74 bits per heavy atom. The molecule has 0 spiro atoms. The maximum absolute atomic E-state index is 14.6. The number of aromatic amines is 3. The van der Waals surface area contributed by atoms with Crippen LogP contribution in [0, 0.1) is 11.3 Å². The molecule has 0 amide bonds. The van der Waals surface area contributed by atoms with Crippen LogP contribution in [0.1, 0.15) is 5.56 Å². The van der Waals surface area contributed by atoms with Gasteiger partial charge >= 0.3 is 11.6 Å². The molecule has 0 radical (unpaired) electrons. The van der Waals surface area contributed by atoms with E-state index in [2.05, 4.69) is 20.2 Å². The van der Waals surface area contributed by atoms with Crippen LogP contribution in [0.3, 0.4) is 0 Å². The second kappa shape index (κ2) is 7.48. The van der Waals surface area contributed by atoms with E-state index in [-0.39, 0.29) is 34.9 Å². The Labute approximate surface area is 171 Å². The minimum Gasteiger partial charge on any atom is -0.466 e. The zero-order valence-electron chi connectivity index (χ0n) is 15.6. The average Bonchev–Trinajstić information content (AvgIpc) is 3.03. The lowest BCUT2D eigenvalue weighted by Gasteiger charge is -2.18. The van der Waals surface area contributed by atoms with E-state index < -0.39 is 35.4 Å². The number of hydrogen-bond acceptors (Lipinski definition) is 8. The molecule has 1 unspecified atom stereocenters. The second-order valence-electron chi connectivity index (χ2n) is 6.70. The predicted molar refractivity (Wildman–Crippen MR) is 102 cm³/mol. The van der Waals surface area contributed by atoms with Crippen molar-refractivity contribution in [2.45, 2.75) is 12.0 Å². The maximum atomic E-state index is 14.6. The average molecular weight is 429 g/mol. The summed E-state index contributed by atoms with van der Waals surface area (Å²) in [6, 6.07) is 5.73. The van der Waals surface area contributed by atoms with E-state index in [1.165, 1.54) is 24.4 Å². The first-order valence-corrected chi connectivity index (χ1v) is 8.84. The van der Waals surface area contributed by atoms with Crippen molar-refractivity contribution in [1.29, 1.82) is 5.26 Å². The van der Waals surface area contributed by atoms with Gasteiger partial charge in [0.05, 0.1) is 29.9 Å². The Hall–Kier alpha value is -4.34. The lowest BCUT2D eigenvalue weighted by Crippen LogP contribution is -2.36. The van der Waals surface area contributed by atoms with E-state index >= 15 is 0 Å². The number of alkyl halides is 2. The molecule has 1 aliphatic rings. The number of halogens is 2. The molecule has 3 N–H and O–H groups in total. The highest BCUT2D eigenvalue weighted by molar-refractivity contribution is 5.62. The molecule has 158 valence electrons. The van der Waals surface area contributed by atoms with Crippen LogP contribution in [0.15, 0.2) is 45.0 Å². The number of nitrogens with zero attached hydrogens (tertiary/aromatic N) is 4. The van der Waals surface area contributed by atoms with Gasteiger partial charge in [0.1, 0.15) is 11.8 Å². The molecule has 0 bridgehead atoms. The molecule has 1 aliphatic heterocycles. The molecule has 1 saturated heterocycles. The molecule has 0 aliphatic carbocycles. The van der Waals surface area contributed by atoms with Crippen LogP contribution in [0.2, 0.25) is 0 Å². The minimum atomic E-state index is -3.32. The topological polar surface area (TPSA) is 161 Å². The largest absolute Gasteiger partial charge is 0.466 e. The predicted octanol–water partition coefficient (Wildman–Crippen LogP) is -0.0169. The van der Waals surface area contributed by atoms with E-state index in [0.29, 0.717) is 0 Å². The van der Waals surface area contributed by atoms with Crippen molar-refractivity contribution in [3.63, 3.8) is 0 Å². The van der Waals surface area contributed by atoms with Crippen molar-refractivity contribution in [1.82, 2.24) is 25.1 Å². The van der Waals surface area contributed by atoms with Gasteiger partial charge in [0.25, 0.3) is 11.1 Å². The van der Waals surface area contributed by atoms with Crippen molar-refractivity contribution in [2.75, 3.05) is 18.0 Å². The number of pyridine rings is 1. The summed E-state index contributed by atoms with van der Waals surface area (Å²) in [6.45, 7) is -1.16. The third kappa shape index (κ3) is 3.90. The first kappa shape index (κ1) is 20.0. The van der Waals surface area contributed by atoms with E-state index in [9.17, 15) is 23.2 Å². The van der Waals surface area contributed by atoms with Crippen LogP contribution in [0.25, 0.3) is 11.3 Å². The fourth-order valence-electron chi connectivity index (χ4n) is 3.09. The Morgan fingerprint density at radius 2 is 2.06 bits per heavy atom. The molecule has 0 saturated carbocycles. The van der Waals surface area contributed by atoms with Gasteiger partial charge in [-0.05, 0) is 12.1 Å². The van der Waals surface area contributed by atoms with Crippen LogP contribution < -0.4 is 26.4 Å². The summed E-state index contributed by atoms with van der Waals surface area (Å²) >= 11 is 0. The molecular formula is C18H13F2N7O4. The Morgan fingerprint density at radius 1 is 1.26 bits per heavy atom. The standard InChI is InChI=1S/C18H13F2N7O4/c19-18(20)8-27(7-13(18)31-14-2-1-9(4-21)5-22-14)12-3-11(25-26-16(12)29)10-6-23-17(30)24-15(10)28/h1-3,5-6,13H,7-8H2,(H,26,29)(H2,23,24,28,30). The van der Waals surface area contributed by atoms with E-state index in [4.69, 9.17) is 10.00 Å². The molecule has 11 nitrogen and oxygen atoms in total. The summed E-state index contributed by atoms with van der Waals surface area (Å²) in [4.78, 5) is 44.6. The van der Waals surface area contributed by atoms with Gasteiger partial charge in [-0.15, -0.1) is 0 Å². The highest BCUT2D eigenvalue weighted by atomic mass is 19.3. The number of nitriles is 1. The van der Waals surface area contributed by atoms with Crippen LogP contribution >= 0.6 is 0 Å². The first-order valence-electron chi connectivity index (χ1n) is 8.84. The highest BCUT2D eigenvalue weighted by Gasteiger charge is 2.50. The summed E-state index contributed by atoms with van der Waals surface area (Å²) in [7, 11) is 0. The monoisotopic (exact) mass is 429 g/mol. The second-order valence-corrected chi connectivity index (χ2v) is 6.70. The molecule has 0 aromatic carbocycles. The molecule has 13 heteroatoms. The summed E-state index contributed by atoms with van der Waals surface area (Å²) in [6.07, 6.45) is 0.689. The van der Waals surface area contributed by atoms with Crippen LogP contribution in [-0.4, -0.2) is 50.3 Å². The SMILES string of the molecule is N#Cc1ccc(OC2CN(c3cc(-c4c[nH]c(=O)[nH]c4=O)n[nH]c3=O)CC2(F)F)nc1. The number of ether oxygens (including phenoxy) is 1. The third-order valence-electron chi connectivity index (χ3n) is 4.61. The van der Waals surface area contributed by atoms with Crippen molar-refractivity contribution in [2.24, 2.45) is 0 Å². The molecule has 3 aromatic rings.